The third-order valence-electron chi connectivity index (χ3n) is 2.83. The van der Waals surface area contributed by atoms with Gasteiger partial charge in [0, 0.05) is 12.7 Å². The smallest absolute Gasteiger partial charge is 0.686 e. The molecule has 0 unspecified atom stereocenters. The Hall–Kier alpha value is -1.83. The molecule has 0 atom stereocenters. The first-order chi connectivity index (χ1) is 13.0. The van der Waals surface area contributed by atoms with Gasteiger partial charge in [-0.1, -0.05) is 20.3 Å². The average molecular weight is 415 g/mol. The minimum atomic E-state index is -0.614. The molecule has 28 heavy (non-hydrogen) atoms. The van der Waals surface area contributed by atoms with E-state index in [9.17, 15) is 9.18 Å². The Morgan fingerprint density at radius 2 is 1.79 bits per heavy atom. The first kappa shape index (κ1) is 30.9. The maximum absolute atomic E-state index is 13.2. The van der Waals surface area contributed by atoms with E-state index in [1.807, 2.05) is 13.6 Å². The maximum atomic E-state index is 13.2. The van der Waals surface area contributed by atoms with Crippen LogP contribution in [0.15, 0.2) is 30.5 Å². The van der Waals surface area contributed by atoms with Gasteiger partial charge in [-0.2, -0.15) is 5.26 Å². The van der Waals surface area contributed by atoms with Crippen molar-refractivity contribution in [2.24, 2.45) is 7.05 Å². The van der Waals surface area contributed by atoms with Gasteiger partial charge in [0.1, 0.15) is 31.2 Å². The van der Waals surface area contributed by atoms with Gasteiger partial charge in [0.15, 0.2) is 0 Å². The Balaban J connectivity index is -0.000000695. The fourth-order valence-corrected chi connectivity index (χ4v) is 1.78. The van der Waals surface area contributed by atoms with Crippen LogP contribution in [0.5, 0.6) is 0 Å². The predicted molar refractivity (Wildman–Crippen MR) is 104 cm³/mol. The summed E-state index contributed by atoms with van der Waals surface area (Å²) in [4.78, 5) is 28.1. The van der Waals surface area contributed by atoms with Crippen molar-refractivity contribution in [2.75, 3.05) is 12.4 Å². The SMILES string of the molecule is C=O.C=O.CCC.C[N-]c1cc(C(=O)Nc2ccc(F)c(C#N)c2)n(C)c1.[K+]. The quantitative estimate of drug-likeness (QED) is 0.756. The molecular formula is C19H24FKN4O3. The molecule has 2 rings (SSSR count). The van der Waals surface area contributed by atoms with E-state index in [4.69, 9.17) is 14.9 Å². The van der Waals surface area contributed by atoms with Crippen molar-refractivity contribution in [3.63, 3.8) is 0 Å². The number of amides is 1. The number of hydrogen-bond acceptors (Lipinski definition) is 4. The van der Waals surface area contributed by atoms with Gasteiger partial charge in [0.05, 0.1) is 5.56 Å². The molecule has 1 amide bonds. The molecule has 9 heteroatoms. The fourth-order valence-electron chi connectivity index (χ4n) is 1.78. The molecule has 1 aromatic carbocycles. The first-order valence-corrected chi connectivity index (χ1v) is 7.81. The van der Waals surface area contributed by atoms with Gasteiger partial charge in [-0.15, -0.1) is 12.7 Å². The van der Waals surface area contributed by atoms with Gasteiger partial charge in [-0.25, -0.2) is 4.39 Å². The Bertz CT molecular complexity index is 758. The summed E-state index contributed by atoms with van der Waals surface area (Å²) in [5.41, 5.74) is 1.37. The Morgan fingerprint density at radius 3 is 2.21 bits per heavy atom. The molecule has 0 radical (unpaired) electrons. The molecular weight excluding hydrogens is 390 g/mol. The summed E-state index contributed by atoms with van der Waals surface area (Å²) in [5.74, 6) is -0.964. The Kier molecular flexibility index (Phi) is 20.4. The van der Waals surface area contributed by atoms with Crippen molar-refractivity contribution in [3.8, 4) is 6.07 Å². The number of halogens is 1. The van der Waals surface area contributed by atoms with Gasteiger partial charge in [-0.3, -0.25) is 4.79 Å². The van der Waals surface area contributed by atoms with E-state index in [1.165, 1.54) is 18.6 Å². The largest absolute Gasteiger partial charge is 1.00 e. The molecule has 0 aliphatic rings. The molecule has 0 aliphatic heterocycles. The fraction of sp³-hybridized carbons (Fsp3) is 0.263. The maximum Gasteiger partial charge on any atom is 1.00 e. The van der Waals surface area contributed by atoms with Crippen LogP contribution in [0.1, 0.15) is 36.3 Å². The molecule has 7 nitrogen and oxygen atoms in total. The molecule has 0 bridgehead atoms. The zero-order valence-corrected chi connectivity index (χ0v) is 20.1. The standard InChI is InChI=1S/C14H12FN4O.C3H8.2CH2O.K/c1-17-11-6-13(19(2)8-11)14(20)18-10-3-4-12(15)9(5-10)7-16;1-3-2;2*1-2;/h3-6,8H,1-2H3,(H,18,20);3H2,1-2H3;2*1H2;/q-1;;;;+1. The molecule has 0 aliphatic carbocycles. The monoisotopic (exact) mass is 414 g/mol. The van der Waals surface area contributed by atoms with Crippen molar-refractivity contribution in [2.45, 2.75) is 20.3 Å². The van der Waals surface area contributed by atoms with E-state index in [0.717, 1.165) is 6.07 Å². The minimum Gasteiger partial charge on any atom is -0.686 e. The molecule has 2 aromatic rings. The van der Waals surface area contributed by atoms with Crippen LogP contribution in [0.25, 0.3) is 5.32 Å². The summed E-state index contributed by atoms with van der Waals surface area (Å²) in [6.45, 7) is 8.25. The van der Waals surface area contributed by atoms with E-state index < -0.39 is 5.82 Å². The number of nitrogens with one attached hydrogen (secondary N) is 1. The van der Waals surface area contributed by atoms with Crippen LogP contribution < -0.4 is 56.7 Å². The van der Waals surface area contributed by atoms with Crippen molar-refractivity contribution in [1.82, 2.24) is 4.57 Å². The van der Waals surface area contributed by atoms with E-state index in [0.29, 0.717) is 17.1 Å². The van der Waals surface area contributed by atoms with Gasteiger partial charge in [0.25, 0.3) is 5.91 Å². The van der Waals surface area contributed by atoms with Gasteiger partial charge in [-0.05, 0) is 30.5 Å². The molecule has 0 fully saturated rings. The molecule has 1 aromatic heterocycles. The van der Waals surface area contributed by atoms with Crippen molar-refractivity contribution >= 4 is 30.9 Å². The second-order valence-corrected chi connectivity index (χ2v) is 4.89. The number of nitrogens with zero attached hydrogens (tertiary/aromatic N) is 3. The number of benzene rings is 1. The second-order valence-electron chi connectivity index (χ2n) is 4.89. The predicted octanol–water partition coefficient (Wildman–Crippen LogP) is 0.974. The van der Waals surface area contributed by atoms with Crippen LogP contribution in [-0.2, 0) is 16.6 Å². The van der Waals surface area contributed by atoms with Crippen LogP contribution in [0, 0.1) is 17.1 Å². The number of aromatic nitrogens is 1. The summed E-state index contributed by atoms with van der Waals surface area (Å²) >= 11 is 0. The number of anilines is 1. The Morgan fingerprint density at radius 1 is 1.25 bits per heavy atom. The normalized spacial score (nSPS) is 8.00. The summed E-state index contributed by atoms with van der Waals surface area (Å²) in [6, 6.07) is 7.21. The van der Waals surface area contributed by atoms with Crippen LogP contribution >= 0.6 is 0 Å². The molecule has 0 spiro atoms. The summed E-state index contributed by atoms with van der Waals surface area (Å²) in [5, 5.41) is 15.4. The second kappa shape index (κ2) is 18.5. The van der Waals surface area contributed by atoms with E-state index in [2.05, 4.69) is 24.5 Å². The minimum absolute atomic E-state index is 0. The van der Waals surface area contributed by atoms with Gasteiger partial charge < -0.3 is 24.8 Å². The third kappa shape index (κ3) is 10.5. The number of carbonyl (C=O) groups is 3. The summed E-state index contributed by atoms with van der Waals surface area (Å²) < 4.78 is 14.8. The van der Waals surface area contributed by atoms with Crippen LogP contribution in [0.4, 0.5) is 15.8 Å². The summed E-state index contributed by atoms with van der Waals surface area (Å²) in [7, 11) is 3.37. The van der Waals surface area contributed by atoms with E-state index in [-0.39, 0.29) is 62.9 Å². The van der Waals surface area contributed by atoms with Crippen LogP contribution in [0.3, 0.4) is 0 Å². The molecule has 146 valence electrons. The number of carbonyl (C=O) groups excluding carboxylic acids is 3. The number of nitriles is 1. The summed E-state index contributed by atoms with van der Waals surface area (Å²) in [6.07, 6.45) is 2.97. The number of rotatable bonds is 3. The van der Waals surface area contributed by atoms with Crippen LogP contribution in [0.2, 0.25) is 0 Å². The zero-order chi connectivity index (χ0) is 21.4. The third-order valence-corrected chi connectivity index (χ3v) is 2.83. The van der Waals surface area contributed by atoms with Gasteiger partial charge in [0.2, 0.25) is 0 Å². The molecule has 0 saturated carbocycles. The van der Waals surface area contributed by atoms with Crippen molar-refractivity contribution < 1.29 is 70.2 Å². The number of hydrogen-bond donors (Lipinski definition) is 1. The molecule has 0 saturated heterocycles. The Labute approximate surface area is 207 Å². The number of aryl methyl sites for hydroxylation is 1. The van der Waals surface area contributed by atoms with Gasteiger partial charge >= 0.3 is 51.4 Å². The molecule has 1 heterocycles. The van der Waals surface area contributed by atoms with Crippen molar-refractivity contribution in [3.05, 3.63) is 52.9 Å². The van der Waals surface area contributed by atoms with Crippen LogP contribution in [-0.4, -0.2) is 31.1 Å². The first-order valence-electron chi connectivity index (χ1n) is 7.81. The average Bonchev–Trinajstić information content (AvgIpc) is 3.08. The van der Waals surface area contributed by atoms with E-state index >= 15 is 0 Å². The van der Waals surface area contributed by atoms with Crippen molar-refractivity contribution in [1.29, 1.82) is 5.26 Å². The van der Waals surface area contributed by atoms with E-state index in [1.54, 1.807) is 37.0 Å². The zero-order valence-electron chi connectivity index (χ0n) is 17.0. The topological polar surface area (TPSA) is 106 Å². The molecule has 1 N–H and O–H groups in total.